The lowest BCUT2D eigenvalue weighted by Crippen LogP contribution is -2.38. The molecule has 1 aliphatic rings. The molecule has 7 nitrogen and oxygen atoms in total. The smallest absolute Gasteiger partial charge is 0.329 e. The van der Waals surface area contributed by atoms with Crippen molar-refractivity contribution in [2.24, 2.45) is 0 Å². The first-order chi connectivity index (χ1) is 12.6. The van der Waals surface area contributed by atoms with Crippen molar-refractivity contribution in [1.82, 2.24) is 10.2 Å². The van der Waals surface area contributed by atoms with E-state index in [1.165, 1.54) is 13.2 Å². The van der Waals surface area contributed by atoms with Crippen LogP contribution in [0.3, 0.4) is 0 Å². The van der Waals surface area contributed by atoms with Crippen LogP contribution in [-0.2, 0) is 9.59 Å². The molecule has 1 aliphatic heterocycles. The van der Waals surface area contributed by atoms with Crippen LogP contribution >= 0.6 is 0 Å². The van der Waals surface area contributed by atoms with E-state index in [0.29, 0.717) is 17.0 Å². The molecular weight excluding hydrogens is 334 g/mol. The number of rotatable bonds is 5. The molecule has 4 amide bonds. The first-order valence-corrected chi connectivity index (χ1v) is 7.91. The van der Waals surface area contributed by atoms with E-state index in [1.54, 1.807) is 48.5 Å². The molecule has 1 saturated heterocycles. The number of carbonyl (C=O) groups excluding carboxylic acids is 3. The molecule has 0 bridgehead atoms. The fraction of sp³-hybridized carbons (Fsp3) is 0.105. The van der Waals surface area contributed by atoms with Gasteiger partial charge in [0.1, 0.15) is 18.0 Å². The van der Waals surface area contributed by atoms with Gasteiger partial charge in [-0.15, -0.1) is 0 Å². The number of anilines is 1. The molecule has 0 saturated carbocycles. The third-order valence-corrected chi connectivity index (χ3v) is 3.76. The highest BCUT2D eigenvalue weighted by Crippen LogP contribution is 2.22. The zero-order valence-electron chi connectivity index (χ0n) is 14.1. The van der Waals surface area contributed by atoms with E-state index >= 15 is 0 Å². The lowest BCUT2D eigenvalue weighted by Gasteiger charge is -2.11. The average molecular weight is 351 g/mol. The second kappa shape index (κ2) is 7.52. The number of hydrogen-bond donors (Lipinski definition) is 2. The van der Waals surface area contributed by atoms with Crippen LogP contribution in [0.2, 0.25) is 0 Å². The van der Waals surface area contributed by atoms with Crippen LogP contribution in [0.1, 0.15) is 5.56 Å². The van der Waals surface area contributed by atoms with E-state index in [1.807, 2.05) is 6.07 Å². The summed E-state index contributed by atoms with van der Waals surface area (Å²) in [6, 6.07) is 15.3. The van der Waals surface area contributed by atoms with E-state index in [2.05, 4.69) is 10.6 Å². The number of imide groups is 1. The second-order valence-electron chi connectivity index (χ2n) is 5.54. The Hall–Kier alpha value is -3.61. The lowest BCUT2D eigenvalue weighted by atomic mass is 10.1. The van der Waals surface area contributed by atoms with Crippen LogP contribution < -0.4 is 15.4 Å². The van der Waals surface area contributed by atoms with E-state index < -0.39 is 17.8 Å². The Kier molecular flexibility index (Phi) is 4.98. The van der Waals surface area contributed by atoms with Gasteiger partial charge in [-0.2, -0.15) is 0 Å². The molecule has 7 heteroatoms. The average Bonchev–Trinajstić information content (AvgIpc) is 2.90. The molecule has 0 atom stereocenters. The van der Waals surface area contributed by atoms with Crippen molar-refractivity contribution in [1.29, 1.82) is 0 Å². The SMILES string of the molecule is COc1ccccc1/C=C1\NC(=O)N(CC(=O)Nc2ccccc2)C1=O. The standard InChI is InChI=1S/C19H17N3O4/c1-26-16-10-6-5-7-13(16)11-15-18(24)22(19(25)21-15)12-17(23)20-14-8-3-2-4-9-14/h2-11H,12H2,1H3,(H,20,23)(H,21,25)/b15-11-. The first kappa shape index (κ1) is 17.2. The van der Waals surface area contributed by atoms with Gasteiger partial charge in [-0.05, 0) is 24.3 Å². The summed E-state index contributed by atoms with van der Waals surface area (Å²) in [5, 5.41) is 5.13. The van der Waals surface area contributed by atoms with Crippen molar-refractivity contribution in [3.63, 3.8) is 0 Å². The molecule has 3 rings (SSSR count). The van der Waals surface area contributed by atoms with Gasteiger partial charge in [0.05, 0.1) is 7.11 Å². The van der Waals surface area contributed by atoms with Crippen LogP contribution in [0.5, 0.6) is 5.75 Å². The minimum atomic E-state index is -0.639. The van der Waals surface area contributed by atoms with Gasteiger partial charge < -0.3 is 15.4 Å². The quantitative estimate of drug-likeness (QED) is 0.639. The van der Waals surface area contributed by atoms with Gasteiger partial charge in [0.2, 0.25) is 5.91 Å². The van der Waals surface area contributed by atoms with Gasteiger partial charge in [-0.1, -0.05) is 36.4 Å². The number of carbonyl (C=O) groups is 3. The van der Waals surface area contributed by atoms with Gasteiger partial charge in [0.25, 0.3) is 5.91 Å². The van der Waals surface area contributed by atoms with Crippen LogP contribution in [0.25, 0.3) is 6.08 Å². The molecule has 2 aromatic rings. The summed E-state index contributed by atoms with van der Waals surface area (Å²) in [5.41, 5.74) is 1.33. The fourth-order valence-corrected chi connectivity index (χ4v) is 2.52. The third kappa shape index (κ3) is 3.72. The summed E-state index contributed by atoms with van der Waals surface area (Å²) in [6.45, 7) is -0.372. The zero-order chi connectivity index (χ0) is 18.5. The molecular formula is C19H17N3O4. The molecule has 26 heavy (non-hydrogen) atoms. The molecule has 2 aromatic carbocycles. The van der Waals surface area contributed by atoms with Gasteiger partial charge >= 0.3 is 6.03 Å². The summed E-state index contributed by atoms with van der Waals surface area (Å²) in [7, 11) is 1.52. The normalized spacial score (nSPS) is 15.1. The maximum atomic E-state index is 12.5. The molecule has 0 aromatic heterocycles. The summed E-state index contributed by atoms with van der Waals surface area (Å²) >= 11 is 0. The fourth-order valence-electron chi connectivity index (χ4n) is 2.52. The number of methoxy groups -OCH3 is 1. The molecule has 132 valence electrons. The summed E-state index contributed by atoms with van der Waals surface area (Å²) < 4.78 is 5.23. The number of nitrogens with zero attached hydrogens (tertiary/aromatic N) is 1. The van der Waals surface area contributed by atoms with Crippen LogP contribution in [0.15, 0.2) is 60.3 Å². The van der Waals surface area contributed by atoms with Gasteiger partial charge in [0, 0.05) is 11.3 Å². The van der Waals surface area contributed by atoms with E-state index in [-0.39, 0.29) is 12.2 Å². The minimum Gasteiger partial charge on any atom is -0.496 e. The van der Waals surface area contributed by atoms with Crippen LogP contribution in [0.4, 0.5) is 10.5 Å². The molecule has 1 heterocycles. The Bertz CT molecular complexity index is 877. The van der Waals surface area contributed by atoms with Crippen LogP contribution in [-0.4, -0.2) is 36.4 Å². The topological polar surface area (TPSA) is 87.7 Å². The first-order valence-electron chi connectivity index (χ1n) is 7.91. The zero-order valence-corrected chi connectivity index (χ0v) is 14.1. The molecule has 0 aliphatic carbocycles. The second-order valence-corrected chi connectivity index (χ2v) is 5.54. The Labute approximate surface area is 150 Å². The Morgan fingerprint density at radius 3 is 2.54 bits per heavy atom. The van der Waals surface area contributed by atoms with Crippen molar-refractivity contribution in [2.45, 2.75) is 0 Å². The van der Waals surface area contributed by atoms with Gasteiger partial charge in [0.15, 0.2) is 0 Å². The summed E-state index contributed by atoms with van der Waals surface area (Å²) in [4.78, 5) is 37.5. The Balaban J connectivity index is 1.72. The maximum absolute atomic E-state index is 12.5. The number of benzene rings is 2. The molecule has 1 fully saturated rings. The van der Waals surface area contributed by atoms with Crippen molar-refractivity contribution >= 4 is 29.6 Å². The number of para-hydroxylation sites is 2. The van der Waals surface area contributed by atoms with Crippen LogP contribution in [0, 0.1) is 0 Å². The number of urea groups is 1. The monoisotopic (exact) mass is 351 g/mol. The maximum Gasteiger partial charge on any atom is 0.329 e. The number of ether oxygens (including phenoxy) is 1. The Morgan fingerprint density at radius 1 is 1.12 bits per heavy atom. The molecule has 0 radical (unpaired) electrons. The molecule has 0 spiro atoms. The highest BCUT2D eigenvalue weighted by atomic mass is 16.5. The van der Waals surface area contributed by atoms with E-state index in [0.717, 1.165) is 4.90 Å². The van der Waals surface area contributed by atoms with E-state index in [4.69, 9.17) is 4.74 Å². The Morgan fingerprint density at radius 2 is 1.81 bits per heavy atom. The third-order valence-electron chi connectivity index (χ3n) is 3.76. The lowest BCUT2D eigenvalue weighted by molar-refractivity contribution is -0.127. The largest absolute Gasteiger partial charge is 0.496 e. The number of amides is 4. The number of nitrogens with one attached hydrogen (secondary N) is 2. The van der Waals surface area contributed by atoms with E-state index in [9.17, 15) is 14.4 Å². The highest BCUT2D eigenvalue weighted by molar-refractivity contribution is 6.16. The predicted molar refractivity (Wildman–Crippen MR) is 96.3 cm³/mol. The molecule has 0 unspecified atom stereocenters. The number of hydrogen-bond acceptors (Lipinski definition) is 4. The highest BCUT2D eigenvalue weighted by Gasteiger charge is 2.35. The van der Waals surface area contributed by atoms with Crippen molar-refractivity contribution in [3.05, 3.63) is 65.9 Å². The van der Waals surface area contributed by atoms with Crippen molar-refractivity contribution in [2.75, 3.05) is 19.0 Å². The van der Waals surface area contributed by atoms with Gasteiger partial charge in [-0.25, -0.2) is 9.69 Å². The van der Waals surface area contributed by atoms with Crippen molar-refractivity contribution < 1.29 is 19.1 Å². The predicted octanol–water partition coefficient (Wildman–Crippen LogP) is 2.23. The van der Waals surface area contributed by atoms with Crippen molar-refractivity contribution in [3.8, 4) is 5.75 Å². The summed E-state index contributed by atoms with van der Waals surface area (Å²) in [5.74, 6) is -0.454. The summed E-state index contributed by atoms with van der Waals surface area (Å²) in [6.07, 6.45) is 1.52. The minimum absolute atomic E-state index is 0.0898. The van der Waals surface area contributed by atoms with Gasteiger partial charge in [-0.3, -0.25) is 9.59 Å². The molecule has 2 N–H and O–H groups in total.